The number of pyridine rings is 1. The predicted molar refractivity (Wildman–Crippen MR) is 143 cm³/mol. The summed E-state index contributed by atoms with van der Waals surface area (Å²) in [7, 11) is -1.37. The van der Waals surface area contributed by atoms with Crippen molar-refractivity contribution in [3.05, 3.63) is 42.4 Å². The number of H-pyrrole nitrogens is 1. The largest absolute Gasteiger partial charge is 0.477 e. The molecule has 1 saturated carbocycles. The molecule has 6 heterocycles. The topological polar surface area (TPSA) is 157 Å². The Morgan fingerprint density at radius 2 is 1.95 bits per heavy atom. The fourth-order valence-corrected chi connectivity index (χ4v) is 6.96. The zero-order valence-corrected chi connectivity index (χ0v) is 22.3. The Kier molecular flexibility index (Phi) is 5.83. The molecular formula is C26H29N9O3S. The molecule has 3 N–H and O–H groups in total. The van der Waals surface area contributed by atoms with Crippen LogP contribution in [0.3, 0.4) is 0 Å². The van der Waals surface area contributed by atoms with Gasteiger partial charge in [-0.2, -0.15) is 14.7 Å². The molecule has 202 valence electrons. The van der Waals surface area contributed by atoms with E-state index in [2.05, 4.69) is 25.3 Å². The third-order valence-corrected chi connectivity index (χ3v) is 9.13. The highest BCUT2D eigenvalue weighted by atomic mass is 32.2. The Morgan fingerprint density at radius 1 is 1.15 bits per heavy atom. The first kappa shape index (κ1) is 24.2. The lowest BCUT2D eigenvalue weighted by Crippen LogP contribution is -2.46. The van der Waals surface area contributed by atoms with Crippen molar-refractivity contribution >= 4 is 28.2 Å². The zero-order chi connectivity index (χ0) is 26.7. The molecule has 12 nitrogen and oxygen atoms in total. The van der Waals surface area contributed by atoms with Gasteiger partial charge in [0.25, 0.3) is 5.91 Å². The summed E-state index contributed by atoms with van der Waals surface area (Å²) in [4.78, 5) is 29.2. The number of nitrogen functional groups attached to an aromatic ring is 1. The first-order chi connectivity index (χ1) is 19.0. The van der Waals surface area contributed by atoms with Crippen LogP contribution in [0.1, 0.15) is 60.8 Å². The number of amides is 1. The zero-order valence-electron chi connectivity index (χ0n) is 21.5. The number of piperidine rings is 1. The number of nitrogens with zero attached hydrogens (tertiary/aromatic N) is 7. The summed E-state index contributed by atoms with van der Waals surface area (Å²) in [5, 5.41) is 11.0. The average molecular weight is 548 g/mol. The standard InChI is InChI=1S/C26H29N9O3S/c1-39(37)22-21(16-8-17-5-6-18(9-16)34(17)26(36)24-29-13-30-33-24)32-25-19(11-31-35(25)23(22)27)15-4-7-20(28-10-15)38-12-14-2-3-14/h4,7,10-11,13-14,16-18H,2-3,5-6,8-9,12,27H2,1H3,(H,29,30,33)/t16?,17-,18?,39?/m1/s1. The Hall–Kier alpha value is -3.87. The van der Waals surface area contributed by atoms with Gasteiger partial charge >= 0.3 is 0 Å². The molecule has 2 aliphatic heterocycles. The smallest absolute Gasteiger partial charge is 0.291 e. The van der Waals surface area contributed by atoms with Crippen LogP contribution in [0, 0.1) is 5.92 Å². The molecular weight excluding hydrogens is 518 g/mol. The molecule has 3 aliphatic rings. The van der Waals surface area contributed by atoms with E-state index in [4.69, 9.17) is 15.5 Å². The molecule has 1 aliphatic carbocycles. The average Bonchev–Trinajstić information content (AvgIpc) is 3.30. The summed E-state index contributed by atoms with van der Waals surface area (Å²) in [5.41, 5.74) is 9.55. The second-order valence-electron chi connectivity index (χ2n) is 10.7. The molecule has 3 fully saturated rings. The molecule has 0 radical (unpaired) electrons. The number of aromatic nitrogens is 7. The monoisotopic (exact) mass is 547 g/mol. The Morgan fingerprint density at radius 3 is 2.59 bits per heavy atom. The van der Waals surface area contributed by atoms with E-state index in [9.17, 15) is 9.00 Å². The summed E-state index contributed by atoms with van der Waals surface area (Å²) >= 11 is 0. The minimum atomic E-state index is -1.37. The van der Waals surface area contributed by atoms with Gasteiger partial charge in [0, 0.05) is 47.6 Å². The van der Waals surface area contributed by atoms with E-state index in [-0.39, 0.29) is 29.7 Å². The fourth-order valence-electron chi connectivity index (χ4n) is 6.07. The van der Waals surface area contributed by atoms with Crippen molar-refractivity contribution in [2.24, 2.45) is 5.92 Å². The predicted octanol–water partition coefficient (Wildman–Crippen LogP) is 2.57. The summed E-state index contributed by atoms with van der Waals surface area (Å²) in [6.07, 6.45) is 12.1. The fraction of sp³-hybridized carbons (Fsp3) is 0.462. The number of hydrogen-bond donors (Lipinski definition) is 2. The quantitative estimate of drug-likeness (QED) is 0.355. The maximum Gasteiger partial charge on any atom is 0.291 e. The number of nitrogens with one attached hydrogen (secondary N) is 1. The SMILES string of the molecule is CS(=O)c1c(C2CC3CC[C@H](C2)N3C(=O)c2ncn[nH]2)nc2c(-c3ccc(OCC4CC4)nc3)cnn2c1N. The second-order valence-corrected chi connectivity index (χ2v) is 12.0. The van der Waals surface area contributed by atoms with Gasteiger partial charge in [-0.1, -0.05) is 0 Å². The van der Waals surface area contributed by atoms with E-state index in [0.717, 1.165) is 29.7 Å². The van der Waals surface area contributed by atoms with E-state index in [0.29, 0.717) is 47.6 Å². The van der Waals surface area contributed by atoms with Crippen LogP contribution in [0.25, 0.3) is 16.8 Å². The van der Waals surface area contributed by atoms with Crippen molar-refractivity contribution in [1.82, 2.24) is 39.7 Å². The van der Waals surface area contributed by atoms with E-state index >= 15 is 0 Å². The van der Waals surface area contributed by atoms with Crippen LogP contribution >= 0.6 is 0 Å². The van der Waals surface area contributed by atoms with E-state index in [1.54, 1.807) is 23.2 Å². The van der Waals surface area contributed by atoms with Gasteiger partial charge in [0.15, 0.2) is 5.65 Å². The maximum absolute atomic E-state index is 13.1. The molecule has 3 unspecified atom stereocenters. The lowest BCUT2D eigenvalue weighted by atomic mass is 9.87. The molecule has 0 aromatic carbocycles. The van der Waals surface area contributed by atoms with Crippen molar-refractivity contribution in [3.8, 4) is 17.0 Å². The van der Waals surface area contributed by atoms with Gasteiger partial charge in [-0.05, 0) is 50.5 Å². The Bertz CT molecular complexity index is 1550. The Balaban J connectivity index is 1.22. The molecule has 13 heteroatoms. The van der Waals surface area contributed by atoms with Crippen LogP contribution in [0.2, 0.25) is 0 Å². The lowest BCUT2D eigenvalue weighted by Gasteiger charge is -2.38. The van der Waals surface area contributed by atoms with Gasteiger partial charge < -0.3 is 15.4 Å². The van der Waals surface area contributed by atoms with Crippen LogP contribution in [0.15, 0.2) is 35.7 Å². The number of aromatic amines is 1. The lowest BCUT2D eigenvalue weighted by molar-refractivity contribution is 0.0556. The molecule has 4 atom stereocenters. The minimum absolute atomic E-state index is 0.00607. The molecule has 39 heavy (non-hydrogen) atoms. The van der Waals surface area contributed by atoms with Crippen LogP contribution < -0.4 is 10.5 Å². The van der Waals surface area contributed by atoms with Crippen molar-refractivity contribution < 1.29 is 13.7 Å². The van der Waals surface area contributed by atoms with E-state index in [1.807, 2.05) is 17.0 Å². The van der Waals surface area contributed by atoms with Crippen LogP contribution in [-0.4, -0.2) is 74.7 Å². The highest BCUT2D eigenvalue weighted by Crippen LogP contribution is 2.45. The van der Waals surface area contributed by atoms with E-state index < -0.39 is 10.8 Å². The first-order valence-electron chi connectivity index (χ1n) is 13.3. The van der Waals surface area contributed by atoms with Gasteiger partial charge in [-0.3, -0.25) is 14.1 Å². The molecule has 4 aromatic rings. The number of fused-ring (bicyclic) bond motifs is 3. The molecule has 7 rings (SSSR count). The number of ether oxygens (including phenoxy) is 1. The number of nitrogens with two attached hydrogens (primary N) is 1. The number of hydrogen-bond acceptors (Lipinski definition) is 9. The maximum atomic E-state index is 13.1. The molecule has 4 aromatic heterocycles. The molecule has 2 saturated heterocycles. The number of rotatable bonds is 7. The summed E-state index contributed by atoms with van der Waals surface area (Å²) < 4.78 is 20.3. The van der Waals surface area contributed by atoms with Crippen LogP contribution in [0.4, 0.5) is 5.82 Å². The van der Waals surface area contributed by atoms with Crippen molar-refractivity contribution in [2.45, 2.75) is 61.4 Å². The highest BCUT2D eigenvalue weighted by Gasteiger charge is 2.45. The van der Waals surface area contributed by atoms with Gasteiger partial charge in [-0.25, -0.2) is 15.0 Å². The summed E-state index contributed by atoms with van der Waals surface area (Å²) in [6.45, 7) is 0.701. The van der Waals surface area contributed by atoms with Gasteiger partial charge in [-0.15, -0.1) is 0 Å². The van der Waals surface area contributed by atoms with Gasteiger partial charge in [0.1, 0.15) is 17.0 Å². The second kappa shape index (κ2) is 9.40. The van der Waals surface area contributed by atoms with Gasteiger partial charge in [0.05, 0.1) is 29.3 Å². The van der Waals surface area contributed by atoms with Crippen molar-refractivity contribution in [3.63, 3.8) is 0 Å². The third kappa shape index (κ3) is 4.24. The summed E-state index contributed by atoms with van der Waals surface area (Å²) in [5.74, 6) is 1.71. The number of carbonyl (C=O) groups excluding carboxylic acids is 1. The minimum Gasteiger partial charge on any atom is -0.477 e. The van der Waals surface area contributed by atoms with Crippen LogP contribution in [-0.2, 0) is 10.8 Å². The number of carbonyl (C=O) groups is 1. The molecule has 0 spiro atoms. The number of anilines is 1. The highest BCUT2D eigenvalue weighted by molar-refractivity contribution is 7.84. The van der Waals surface area contributed by atoms with E-state index in [1.165, 1.54) is 19.2 Å². The van der Waals surface area contributed by atoms with Crippen LogP contribution in [0.5, 0.6) is 5.88 Å². The summed E-state index contributed by atoms with van der Waals surface area (Å²) in [6, 6.07) is 3.89. The molecule has 2 bridgehead atoms. The first-order valence-corrected chi connectivity index (χ1v) is 14.8. The Labute approximate surface area is 226 Å². The normalized spacial score (nSPS) is 23.3. The van der Waals surface area contributed by atoms with Crippen molar-refractivity contribution in [2.75, 3.05) is 18.6 Å². The third-order valence-electron chi connectivity index (χ3n) is 8.13. The molecule has 1 amide bonds. The van der Waals surface area contributed by atoms with Crippen molar-refractivity contribution in [1.29, 1.82) is 0 Å². The van der Waals surface area contributed by atoms with Gasteiger partial charge in [0.2, 0.25) is 11.7 Å².